The Bertz CT molecular complexity index is 3080. The van der Waals surface area contributed by atoms with Gasteiger partial charge in [0, 0.05) is 38.9 Å². The van der Waals surface area contributed by atoms with Crippen molar-refractivity contribution in [3.8, 4) is 0 Å². The molecule has 0 bridgehead atoms. The third kappa shape index (κ3) is 62.8. The molecule has 0 saturated carbocycles. The van der Waals surface area contributed by atoms with Crippen molar-refractivity contribution in [1.29, 1.82) is 0 Å². The van der Waals surface area contributed by atoms with Crippen molar-refractivity contribution in [2.24, 2.45) is 0 Å². The van der Waals surface area contributed by atoms with Gasteiger partial charge in [0.25, 0.3) is 0 Å². The molecule has 0 heterocycles. The predicted molar refractivity (Wildman–Crippen MR) is 483 cm³/mol. The number of rotatable bonds is 18. The second-order valence-corrected chi connectivity index (χ2v) is 41.1. The van der Waals surface area contributed by atoms with Crippen molar-refractivity contribution in [3.63, 3.8) is 0 Å². The average Bonchev–Trinajstić information content (AvgIpc) is 0.895. The van der Waals surface area contributed by atoms with Crippen molar-refractivity contribution < 1.29 is 65.1 Å². The molecule has 0 spiro atoms. The summed E-state index contributed by atoms with van der Waals surface area (Å²) < 4.78 is 4.97. The van der Waals surface area contributed by atoms with Crippen LogP contribution < -0.4 is 0 Å². The first-order valence-corrected chi connectivity index (χ1v) is 50.4. The summed E-state index contributed by atoms with van der Waals surface area (Å²) >= 11 is 2.69. The molecule has 0 aliphatic carbocycles. The Balaban J connectivity index is -0.0000000954. The third-order valence-corrected chi connectivity index (χ3v) is 28.6. The fourth-order valence-corrected chi connectivity index (χ4v) is 23.0. The standard InChI is InChI=1S/C11H14O.C10H12O2.5C10H12O.3C4H9.CH5BO2.8CH4.2CH3.BrH.Sn.Zn/c1-4-10-5-8(2)6-11(7-10)9(3)12;1-7-3-9(6-11)5-10(4-7)8(2)12;5*1-7-4-8(2)6-10(5-7)9(3)11;3*1-3-4-2;1-2(3)4;;;;;;;;;;;;;/h5-7H,4H2,1-3H3;3-5,11H,6H2,1-2H3;5*4-6H,1-3H3;3*1,3-4H2,2H3;3-4H,1H3;8*1H4;2*1H3;1H;;/q;;;;;;;;;;;;;;;;;;;;-1;;;+2/p-1. The minimum atomic E-state index is -1.56. The van der Waals surface area contributed by atoms with E-state index in [1.807, 2.05) is 168 Å². The van der Waals surface area contributed by atoms with Crippen molar-refractivity contribution in [2.75, 3.05) is 0 Å². The SMILES string of the molecule is C.C.C.C.C.C.C.C.CB(O)O.CC(=O)c1cc(C)cc(C)c1.CC(=O)c1cc(C)cc(C)c1.CC(=O)c1cc(C)cc(C)c1.CC(=O)c1cc(C)cc(C)c1.CC(=O)c1cc(C)cc(C)c1.CC(=O)c1cc(C)cc(CO)c1.CCC[CH2][Sn]([CH3])([CH2]CCC)[CH2]CCC.CCc1cc(C)cc(C(C)=O)c1.[CH3-].[Zn+][Br]. The van der Waals surface area contributed by atoms with Crippen LogP contribution in [0.4, 0.5) is 0 Å². The number of halogens is 1. The molecule has 0 aliphatic rings. The quantitative estimate of drug-likeness (QED) is 0.0425. The number of unbranched alkanes of at least 4 members (excludes halogenated alkanes) is 3. The third-order valence-electron chi connectivity index (χ3n) is 15.2. The maximum absolute atomic E-state index is 11.1. The van der Waals surface area contributed by atoms with E-state index in [9.17, 15) is 33.6 Å². The van der Waals surface area contributed by atoms with E-state index in [-0.39, 0.29) is 114 Å². The molecule has 10 nitrogen and oxygen atoms in total. The fourth-order valence-electron chi connectivity index (χ4n) is 10.5. The van der Waals surface area contributed by atoms with E-state index in [0.29, 0.717) is 5.56 Å². The Morgan fingerprint density at radius 2 is 0.454 bits per heavy atom. The number of aliphatic hydroxyl groups is 1. The van der Waals surface area contributed by atoms with E-state index in [2.05, 4.69) is 82.7 Å². The van der Waals surface area contributed by atoms with Gasteiger partial charge in [-0.1, -0.05) is 176 Å². The molecular weight excluding hydrogens is 1560 g/mol. The molecular formula is C94H156BBrO10SnZn. The molecule has 608 valence electrons. The van der Waals surface area contributed by atoms with Crippen LogP contribution in [0.3, 0.4) is 0 Å². The molecule has 0 unspecified atom stereocenters. The van der Waals surface area contributed by atoms with E-state index in [4.69, 9.17) is 15.2 Å². The van der Waals surface area contributed by atoms with Gasteiger partial charge >= 0.3 is 133 Å². The van der Waals surface area contributed by atoms with E-state index in [0.717, 1.165) is 107 Å². The molecule has 0 aromatic heterocycles. The molecule has 7 aromatic rings. The predicted octanol–water partition coefficient (Wildman–Crippen LogP) is 27.9. The van der Waals surface area contributed by atoms with Gasteiger partial charge in [-0.2, -0.15) is 0 Å². The molecule has 7 rings (SSSR count). The van der Waals surface area contributed by atoms with Crippen LogP contribution in [0.5, 0.6) is 0 Å². The number of Topliss-reactive ketones (excluding diaryl/α,β-unsaturated/α-hetero) is 7. The normalized spacial score (nSPS) is 9.03. The van der Waals surface area contributed by atoms with Crippen molar-refractivity contribution in [3.05, 3.63) is 252 Å². The van der Waals surface area contributed by atoms with Gasteiger partial charge in [0.05, 0.1) is 6.61 Å². The van der Waals surface area contributed by atoms with Gasteiger partial charge in [0.1, 0.15) is 0 Å². The van der Waals surface area contributed by atoms with Gasteiger partial charge < -0.3 is 22.6 Å². The molecule has 108 heavy (non-hydrogen) atoms. The first-order valence-electron chi connectivity index (χ1n) is 34.6. The van der Waals surface area contributed by atoms with Crippen LogP contribution in [0.15, 0.2) is 127 Å². The summed E-state index contributed by atoms with van der Waals surface area (Å²) in [5.74, 6) is 0.862. The number of carbonyl (C=O) groups excluding carboxylic acids is 7. The van der Waals surface area contributed by atoms with Crippen LogP contribution in [-0.4, -0.2) is 81.1 Å². The summed E-state index contributed by atoms with van der Waals surface area (Å²) in [6, 6.07) is 40.9. The van der Waals surface area contributed by atoms with E-state index in [1.54, 1.807) is 60.9 Å². The van der Waals surface area contributed by atoms with Crippen LogP contribution in [0.25, 0.3) is 0 Å². The van der Waals surface area contributed by atoms with E-state index >= 15 is 0 Å². The Morgan fingerprint density at radius 1 is 0.315 bits per heavy atom. The van der Waals surface area contributed by atoms with Gasteiger partial charge in [0.15, 0.2) is 40.5 Å². The first-order chi connectivity index (χ1) is 46.1. The molecule has 0 radical (unpaired) electrons. The van der Waals surface area contributed by atoms with Crippen LogP contribution >= 0.6 is 13.6 Å². The number of ketones is 7. The van der Waals surface area contributed by atoms with Crippen LogP contribution in [0.2, 0.25) is 25.1 Å². The van der Waals surface area contributed by atoms with Crippen molar-refractivity contribution in [2.45, 2.75) is 295 Å². The van der Waals surface area contributed by atoms with Crippen molar-refractivity contribution in [1.82, 2.24) is 0 Å². The van der Waals surface area contributed by atoms with Gasteiger partial charge in [-0.3, -0.25) is 33.6 Å². The number of hydrogen-bond donors (Lipinski definition) is 3. The van der Waals surface area contributed by atoms with Crippen LogP contribution in [0, 0.1) is 90.5 Å². The number of aryl methyl sites for hydroxylation is 13. The summed E-state index contributed by atoms with van der Waals surface area (Å²) in [4.78, 5) is 79.5. The molecule has 14 heteroatoms. The Labute approximate surface area is 686 Å². The van der Waals surface area contributed by atoms with Gasteiger partial charge in [0.2, 0.25) is 0 Å². The number of benzene rings is 7. The first kappa shape index (κ1) is 129. The zero-order valence-corrected chi connectivity index (χ0v) is 73.7. The molecule has 7 aromatic carbocycles. The minimum absolute atomic E-state index is 0. The topological polar surface area (TPSA) is 180 Å². The molecule has 3 N–H and O–H groups in total. The number of aliphatic hydroxyl groups excluding tert-OH is 1. The monoisotopic (exact) mass is 1720 g/mol. The summed E-state index contributed by atoms with van der Waals surface area (Å²) in [5.41, 5.74) is 21.2. The Hall–Kier alpha value is -5.92. The van der Waals surface area contributed by atoms with Crippen LogP contribution in [-0.2, 0) is 29.4 Å². The second-order valence-electron chi connectivity index (χ2n) is 26.5. The maximum atomic E-state index is 11.1. The molecule has 0 saturated heterocycles. The Kier molecular flexibility index (Phi) is 85.0. The molecule has 0 amide bonds. The summed E-state index contributed by atoms with van der Waals surface area (Å²) in [7, 11) is -1.17. The van der Waals surface area contributed by atoms with Gasteiger partial charge in [-0.25, -0.2) is 0 Å². The number of carbonyl (C=O) groups is 7. The molecule has 0 aliphatic heterocycles. The van der Waals surface area contributed by atoms with Crippen molar-refractivity contribution >= 4 is 79.6 Å². The fraction of sp³-hybridized carbons (Fsp3) is 0.468. The van der Waals surface area contributed by atoms with Gasteiger partial charge in [-0.15, -0.1) is 0 Å². The zero-order valence-electron chi connectivity index (χ0n) is 66.3. The summed E-state index contributed by atoms with van der Waals surface area (Å²) in [6.45, 7) is 45.4. The van der Waals surface area contributed by atoms with Crippen LogP contribution in [0.1, 0.15) is 324 Å². The molecule has 0 atom stereocenters. The second kappa shape index (κ2) is 71.4. The van der Waals surface area contributed by atoms with Gasteiger partial charge in [-0.05, 0) is 241 Å². The summed E-state index contributed by atoms with van der Waals surface area (Å²) in [5, 5.41) is 24.1. The average molecular weight is 1720 g/mol. The number of hydrogen-bond acceptors (Lipinski definition) is 10. The Morgan fingerprint density at radius 3 is 0.593 bits per heavy atom. The summed E-state index contributed by atoms with van der Waals surface area (Å²) in [6.07, 6.45) is 9.75. The molecule has 0 fully saturated rings. The van der Waals surface area contributed by atoms with E-state index in [1.165, 1.54) is 79.7 Å². The zero-order chi connectivity index (χ0) is 76.9. The van der Waals surface area contributed by atoms with E-state index < -0.39 is 25.5 Å².